The van der Waals surface area contributed by atoms with Crippen molar-refractivity contribution in [3.05, 3.63) is 0 Å². The van der Waals surface area contributed by atoms with E-state index in [1.807, 2.05) is 27.7 Å². The molecule has 1 fully saturated rings. The van der Waals surface area contributed by atoms with E-state index in [1.165, 1.54) is 11.8 Å². The quantitative estimate of drug-likeness (QED) is 0.835. The third-order valence-corrected chi connectivity index (χ3v) is 3.43. The van der Waals surface area contributed by atoms with Gasteiger partial charge in [-0.2, -0.15) is 0 Å². The van der Waals surface area contributed by atoms with Gasteiger partial charge in [0.25, 0.3) is 0 Å². The minimum atomic E-state index is -1.14. The lowest BCUT2D eigenvalue weighted by molar-refractivity contribution is -0.177. The second kappa shape index (κ2) is 5.26. The van der Waals surface area contributed by atoms with Gasteiger partial charge in [0.1, 0.15) is 5.54 Å². The van der Waals surface area contributed by atoms with E-state index in [0.29, 0.717) is 12.8 Å². The minimum Gasteiger partial charge on any atom is -0.479 e. The maximum Gasteiger partial charge on any atom is 0.329 e. The van der Waals surface area contributed by atoms with Crippen LogP contribution in [0.3, 0.4) is 0 Å². The maximum atomic E-state index is 11.8. The fourth-order valence-corrected chi connectivity index (χ4v) is 3.16. The van der Waals surface area contributed by atoms with Crippen LogP contribution in [0, 0.1) is 0 Å². The molecule has 2 unspecified atom stereocenters. The molecule has 1 amide bonds. The van der Waals surface area contributed by atoms with Crippen LogP contribution < -0.4 is 0 Å². The number of amides is 1. The largest absolute Gasteiger partial charge is 0.479 e. The highest BCUT2D eigenvalue weighted by atomic mass is 16.5. The summed E-state index contributed by atoms with van der Waals surface area (Å²) in [6.45, 7) is 8.82. The first-order chi connectivity index (χ1) is 8.20. The Hall–Kier alpha value is -1.10. The molecule has 0 spiro atoms. The monoisotopic (exact) mass is 257 g/mol. The molecule has 0 aromatic rings. The van der Waals surface area contributed by atoms with E-state index in [1.54, 1.807) is 0 Å². The fraction of sp³-hybridized carbons (Fsp3) is 0.846. The van der Waals surface area contributed by atoms with Gasteiger partial charge in [0.15, 0.2) is 0 Å². The Morgan fingerprint density at radius 2 is 1.72 bits per heavy atom. The molecule has 2 atom stereocenters. The Morgan fingerprint density at radius 3 is 2.00 bits per heavy atom. The molecule has 1 saturated heterocycles. The number of carboxylic acid groups (broad SMARTS) is 1. The molecular weight excluding hydrogens is 234 g/mol. The Bertz CT molecular complexity index is 330. The van der Waals surface area contributed by atoms with Crippen molar-refractivity contribution in [2.75, 3.05) is 0 Å². The predicted octanol–water partition coefficient (Wildman–Crippen LogP) is 1.65. The van der Waals surface area contributed by atoms with Crippen LogP contribution in [-0.4, -0.2) is 45.7 Å². The lowest BCUT2D eigenvalue weighted by atomic mass is 9.81. The van der Waals surface area contributed by atoms with Crippen LogP contribution in [0.5, 0.6) is 0 Å². The van der Waals surface area contributed by atoms with Crippen LogP contribution >= 0.6 is 0 Å². The number of rotatable bonds is 3. The number of ether oxygens (including phenoxy) is 1. The van der Waals surface area contributed by atoms with Crippen molar-refractivity contribution in [3.8, 4) is 0 Å². The molecular formula is C13H23NO4. The van der Waals surface area contributed by atoms with Gasteiger partial charge in [0.05, 0.1) is 12.2 Å². The van der Waals surface area contributed by atoms with E-state index in [9.17, 15) is 14.7 Å². The average molecular weight is 257 g/mol. The number of carbonyl (C=O) groups excluding carboxylic acids is 1. The first kappa shape index (κ1) is 15.0. The number of hydrogen-bond acceptors (Lipinski definition) is 3. The Morgan fingerprint density at radius 1 is 1.28 bits per heavy atom. The van der Waals surface area contributed by atoms with Gasteiger partial charge in [-0.25, -0.2) is 4.79 Å². The SMILES string of the molecule is CC(=O)N(C(C)C)C1(C(=O)O)CC(C)OC(C)C1. The molecule has 1 heterocycles. The molecule has 0 aromatic heterocycles. The molecule has 18 heavy (non-hydrogen) atoms. The Balaban J connectivity index is 3.20. The van der Waals surface area contributed by atoms with Crippen molar-refractivity contribution < 1.29 is 19.4 Å². The molecule has 1 rings (SSSR count). The van der Waals surface area contributed by atoms with Crippen LogP contribution in [0.25, 0.3) is 0 Å². The standard InChI is InChI=1S/C13H23NO4/c1-8(2)14(11(5)15)13(12(16)17)6-9(3)18-10(4)7-13/h8-10H,6-7H2,1-5H3,(H,16,17). The smallest absolute Gasteiger partial charge is 0.329 e. The van der Waals surface area contributed by atoms with Crippen LogP contribution in [0.2, 0.25) is 0 Å². The van der Waals surface area contributed by atoms with E-state index < -0.39 is 11.5 Å². The van der Waals surface area contributed by atoms with E-state index in [0.717, 1.165) is 0 Å². The zero-order valence-corrected chi connectivity index (χ0v) is 11.8. The normalized spacial score (nSPS) is 32.3. The summed E-state index contributed by atoms with van der Waals surface area (Å²) in [5.41, 5.74) is -1.14. The summed E-state index contributed by atoms with van der Waals surface area (Å²) in [5.74, 6) is -1.14. The zero-order chi connectivity index (χ0) is 14.1. The second-order valence-electron chi connectivity index (χ2n) is 5.49. The molecule has 1 N–H and O–H groups in total. The average Bonchev–Trinajstić information content (AvgIpc) is 2.13. The number of hydrogen-bond donors (Lipinski definition) is 1. The first-order valence-corrected chi connectivity index (χ1v) is 6.39. The van der Waals surface area contributed by atoms with E-state index in [4.69, 9.17) is 4.74 Å². The van der Waals surface area contributed by atoms with Crippen molar-refractivity contribution in [2.45, 2.75) is 71.2 Å². The molecule has 0 radical (unpaired) electrons. The van der Waals surface area contributed by atoms with Gasteiger partial charge < -0.3 is 14.7 Å². The second-order valence-corrected chi connectivity index (χ2v) is 5.49. The van der Waals surface area contributed by atoms with Crippen molar-refractivity contribution in [2.24, 2.45) is 0 Å². The molecule has 1 aliphatic rings. The van der Waals surface area contributed by atoms with Gasteiger partial charge in [-0.3, -0.25) is 4.79 Å². The summed E-state index contributed by atoms with van der Waals surface area (Å²) in [6, 6.07) is -0.143. The Labute approximate surface area is 108 Å². The first-order valence-electron chi connectivity index (χ1n) is 6.39. The van der Waals surface area contributed by atoms with Gasteiger partial charge in [-0.05, 0) is 27.7 Å². The van der Waals surface area contributed by atoms with Crippen LogP contribution in [-0.2, 0) is 14.3 Å². The van der Waals surface area contributed by atoms with E-state index >= 15 is 0 Å². The van der Waals surface area contributed by atoms with Crippen molar-refractivity contribution >= 4 is 11.9 Å². The summed E-state index contributed by atoms with van der Waals surface area (Å²) in [6.07, 6.45) is 0.352. The van der Waals surface area contributed by atoms with E-state index in [-0.39, 0.29) is 24.2 Å². The third kappa shape index (κ3) is 2.66. The van der Waals surface area contributed by atoms with Crippen LogP contribution in [0.1, 0.15) is 47.5 Å². The Kier molecular flexibility index (Phi) is 4.37. The summed E-state index contributed by atoms with van der Waals surface area (Å²) >= 11 is 0. The minimum absolute atomic E-state index is 0.143. The molecule has 0 bridgehead atoms. The van der Waals surface area contributed by atoms with Gasteiger partial charge in [0.2, 0.25) is 5.91 Å². The summed E-state index contributed by atoms with van der Waals surface area (Å²) in [4.78, 5) is 25.1. The van der Waals surface area contributed by atoms with Crippen molar-refractivity contribution in [1.29, 1.82) is 0 Å². The highest BCUT2D eigenvalue weighted by Gasteiger charge is 2.51. The maximum absolute atomic E-state index is 11.8. The van der Waals surface area contributed by atoms with Gasteiger partial charge in [-0.15, -0.1) is 0 Å². The van der Waals surface area contributed by atoms with Crippen molar-refractivity contribution in [3.63, 3.8) is 0 Å². The van der Waals surface area contributed by atoms with Crippen LogP contribution in [0.4, 0.5) is 0 Å². The van der Waals surface area contributed by atoms with E-state index in [2.05, 4.69) is 0 Å². The van der Waals surface area contributed by atoms with Crippen molar-refractivity contribution in [1.82, 2.24) is 4.90 Å². The van der Waals surface area contributed by atoms with Gasteiger partial charge >= 0.3 is 5.97 Å². The predicted molar refractivity (Wildman–Crippen MR) is 67.3 cm³/mol. The number of carboxylic acids is 1. The molecule has 0 saturated carbocycles. The highest BCUT2D eigenvalue weighted by molar-refractivity contribution is 5.86. The third-order valence-electron chi connectivity index (χ3n) is 3.43. The fourth-order valence-electron chi connectivity index (χ4n) is 3.16. The topological polar surface area (TPSA) is 66.8 Å². The number of aliphatic carboxylic acids is 1. The summed E-state index contributed by atoms with van der Waals surface area (Å²) in [7, 11) is 0. The summed E-state index contributed by atoms with van der Waals surface area (Å²) in [5, 5.41) is 9.64. The van der Waals surface area contributed by atoms with Crippen LogP contribution in [0.15, 0.2) is 0 Å². The molecule has 5 heteroatoms. The summed E-state index contributed by atoms with van der Waals surface area (Å²) < 4.78 is 5.60. The number of carbonyl (C=O) groups is 2. The lowest BCUT2D eigenvalue weighted by Gasteiger charge is -2.48. The molecule has 104 valence electrons. The lowest BCUT2D eigenvalue weighted by Crippen LogP contribution is -2.63. The molecule has 0 aliphatic carbocycles. The molecule has 5 nitrogen and oxygen atoms in total. The van der Waals surface area contributed by atoms with Gasteiger partial charge in [0, 0.05) is 25.8 Å². The number of nitrogens with zero attached hydrogens (tertiary/aromatic N) is 1. The molecule has 1 aliphatic heterocycles. The van der Waals surface area contributed by atoms with Gasteiger partial charge in [-0.1, -0.05) is 0 Å². The molecule has 0 aromatic carbocycles. The zero-order valence-electron chi connectivity index (χ0n) is 11.8. The highest BCUT2D eigenvalue weighted by Crippen LogP contribution is 2.36.